The lowest BCUT2D eigenvalue weighted by molar-refractivity contribution is 0.658. The average molecular weight is 318 g/mol. The molecule has 0 saturated carbocycles. The van der Waals surface area contributed by atoms with Gasteiger partial charge in [0.15, 0.2) is 11.5 Å². The Morgan fingerprint density at radius 2 is 1.92 bits per heavy atom. The van der Waals surface area contributed by atoms with Gasteiger partial charge >= 0.3 is 0 Å². The van der Waals surface area contributed by atoms with E-state index in [-0.39, 0.29) is 0 Å². The number of rotatable bonds is 5. The molecule has 1 aromatic carbocycles. The van der Waals surface area contributed by atoms with Gasteiger partial charge in [0, 0.05) is 24.6 Å². The van der Waals surface area contributed by atoms with Crippen LogP contribution in [0.15, 0.2) is 42.7 Å². The second-order valence-corrected chi connectivity index (χ2v) is 5.62. The lowest BCUT2D eigenvalue weighted by atomic mass is 10.1. The van der Waals surface area contributed by atoms with Gasteiger partial charge in [0.05, 0.1) is 12.2 Å². The van der Waals surface area contributed by atoms with E-state index < -0.39 is 0 Å². The lowest BCUT2D eigenvalue weighted by Crippen LogP contribution is -2.07. The molecule has 0 fully saturated rings. The van der Waals surface area contributed by atoms with Crippen molar-refractivity contribution in [1.82, 2.24) is 19.7 Å². The summed E-state index contributed by atoms with van der Waals surface area (Å²) >= 11 is 0. The van der Waals surface area contributed by atoms with Crippen molar-refractivity contribution < 1.29 is 0 Å². The molecule has 0 spiro atoms. The molecule has 0 atom stereocenters. The van der Waals surface area contributed by atoms with Crippen molar-refractivity contribution in [3.05, 3.63) is 70.9 Å². The summed E-state index contributed by atoms with van der Waals surface area (Å²) in [5.41, 5.74) is 4.77. The molecule has 0 bridgehead atoms. The van der Waals surface area contributed by atoms with E-state index in [0.717, 1.165) is 23.5 Å². The Hall–Kier alpha value is -3.20. The summed E-state index contributed by atoms with van der Waals surface area (Å²) in [6.07, 6.45) is 3.08. The first-order valence-electron chi connectivity index (χ1n) is 7.69. The molecule has 2 aromatic heterocycles. The SMILES string of the molecule is Cc1cc(C)n(Cc2cccc(CNc3nccnc3C#N)c2)n1. The highest BCUT2D eigenvalue weighted by atomic mass is 15.3. The van der Waals surface area contributed by atoms with Crippen molar-refractivity contribution in [2.24, 2.45) is 0 Å². The largest absolute Gasteiger partial charge is 0.364 e. The highest BCUT2D eigenvalue weighted by molar-refractivity contribution is 5.47. The fraction of sp³-hybridized carbons (Fsp3) is 0.222. The van der Waals surface area contributed by atoms with Crippen LogP contribution >= 0.6 is 0 Å². The van der Waals surface area contributed by atoms with E-state index in [0.29, 0.717) is 18.1 Å². The summed E-state index contributed by atoms with van der Waals surface area (Å²) in [6.45, 7) is 5.38. The minimum Gasteiger partial charge on any atom is -0.364 e. The third kappa shape index (κ3) is 3.58. The maximum atomic E-state index is 9.05. The number of nitrogens with one attached hydrogen (secondary N) is 1. The lowest BCUT2D eigenvalue weighted by Gasteiger charge is -2.09. The number of nitriles is 1. The van der Waals surface area contributed by atoms with Gasteiger partial charge < -0.3 is 5.32 Å². The molecule has 0 amide bonds. The van der Waals surface area contributed by atoms with Crippen molar-refractivity contribution in [2.75, 3.05) is 5.32 Å². The monoisotopic (exact) mass is 318 g/mol. The van der Waals surface area contributed by atoms with Crippen molar-refractivity contribution in [3.63, 3.8) is 0 Å². The van der Waals surface area contributed by atoms with Crippen molar-refractivity contribution >= 4 is 5.82 Å². The Bertz CT molecular complexity index is 891. The van der Waals surface area contributed by atoms with Gasteiger partial charge in [-0.15, -0.1) is 0 Å². The number of benzene rings is 1. The number of nitrogens with zero attached hydrogens (tertiary/aromatic N) is 5. The van der Waals surface area contributed by atoms with Gasteiger partial charge in [-0.25, -0.2) is 9.97 Å². The van der Waals surface area contributed by atoms with Crippen molar-refractivity contribution in [2.45, 2.75) is 26.9 Å². The van der Waals surface area contributed by atoms with Gasteiger partial charge in [0.2, 0.25) is 0 Å². The third-order valence-electron chi connectivity index (χ3n) is 3.69. The first-order valence-corrected chi connectivity index (χ1v) is 7.69. The number of aromatic nitrogens is 4. The predicted octanol–water partition coefficient (Wildman–Crippen LogP) is 2.82. The number of anilines is 1. The van der Waals surface area contributed by atoms with Gasteiger partial charge in [-0.1, -0.05) is 24.3 Å². The standard InChI is InChI=1S/C18H18N6/c1-13-8-14(2)24(23-13)12-16-5-3-4-15(9-16)11-22-18-17(10-19)20-6-7-21-18/h3-9H,11-12H2,1-2H3,(H,21,22). The molecule has 3 aromatic rings. The van der Waals surface area contributed by atoms with E-state index in [1.165, 1.54) is 11.8 Å². The van der Waals surface area contributed by atoms with Crippen LogP contribution in [-0.2, 0) is 13.1 Å². The first kappa shape index (κ1) is 15.7. The molecule has 6 nitrogen and oxygen atoms in total. The van der Waals surface area contributed by atoms with E-state index in [1.807, 2.05) is 29.8 Å². The Balaban J connectivity index is 1.71. The minimum atomic E-state index is 0.302. The van der Waals surface area contributed by atoms with E-state index in [1.54, 1.807) is 6.20 Å². The number of hydrogen-bond acceptors (Lipinski definition) is 5. The third-order valence-corrected chi connectivity index (χ3v) is 3.69. The van der Waals surface area contributed by atoms with Crippen LogP contribution < -0.4 is 5.32 Å². The van der Waals surface area contributed by atoms with Crippen LogP contribution in [0.2, 0.25) is 0 Å². The van der Waals surface area contributed by atoms with Crippen LogP contribution in [-0.4, -0.2) is 19.7 Å². The molecule has 120 valence electrons. The second kappa shape index (κ2) is 6.92. The molecule has 0 aliphatic rings. The molecule has 0 aliphatic carbocycles. The number of hydrogen-bond donors (Lipinski definition) is 1. The highest BCUT2D eigenvalue weighted by Gasteiger charge is 2.05. The molecule has 1 N–H and O–H groups in total. The first-order chi connectivity index (χ1) is 11.7. The Labute approximate surface area is 140 Å². The van der Waals surface area contributed by atoms with Crippen LogP contribution in [0.1, 0.15) is 28.2 Å². The Morgan fingerprint density at radius 1 is 1.12 bits per heavy atom. The summed E-state index contributed by atoms with van der Waals surface area (Å²) in [5, 5.41) is 16.7. The zero-order valence-electron chi connectivity index (χ0n) is 13.7. The molecule has 6 heteroatoms. The highest BCUT2D eigenvalue weighted by Crippen LogP contribution is 2.12. The quantitative estimate of drug-likeness (QED) is 0.782. The zero-order chi connectivity index (χ0) is 16.9. The van der Waals surface area contributed by atoms with Crippen molar-refractivity contribution in [1.29, 1.82) is 5.26 Å². The Kier molecular flexibility index (Phi) is 4.52. The fourth-order valence-electron chi connectivity index (χ4n) is 2.58. The van der Waals surface area contributed by atoms with Crippen LogP contribution in [0.4, 0.5) is 5.82 Å². The van der Waals surface area contributed by atoms with Gasteiger partial charge in [-0.05, 0) is 31.0 Å². The van der Waals surface area contributed by atoms with Gasteiger partial charge in [0.25, 0.3) is 0 Å². The number of aryl methyl sites for hydroxylation is 2. The molecule has 0 aliphatic heterocycles. The van der Waals surface area contributed by atoms with Gasteiger partial charge in [-0.2, -0.15) is 10.4 Å². The van der Waals surface area contributed by atoms with E-state index >= 15 is 0 Å². The maximum Gasteiger partial charge on any atom is 0.182 e. The minimum absolute atomic E-state index is 0.302. The van der Waals surface area contributed by atoms with E-state index in [9.17, 15) is 0 Å². The smallest absolute Gasteiger partial charge is 0.182 e. The van der Waals surface area contributed by atoms with Crippen LogP contribution in [0, 0.1) is 25.2 Å². The molecule has 0 saturated heterocycles. The maximum absolute atomic E-state index is 9.05. The van der Waals surface area contributed by atoms with Gasteiger partial charge in [-0.3, -0.25) is 4.68 Å². The molecule has 3 rings (SSSR count). The fourth-order valence-corrected chi connectivity index (χ4v) is 2.58. The molecule has 2 heterocycles. The average Bonchev–Trinajstić information content (AvgIpc) is 2.91. The summed E-state index contributed by atoms with van der Waals surface area (Å²) in [4.78, 5) is 8.16. The normalized spacial score (nSPS) is 10.4. The molecular weight excluding hydrogens is 300 g/mol. The van der Waals surface area contributed by atoms with Gasteiger partial charge in [0.1, 0.15) is 6.07 Å². The molecule has 0 unspecified atom stereocenters. The molecule has 24 heavy (non-hydrogen) atoms. The predicted molar refractivity (Wildman–Crippen MR) is 91.3 cm³/mol. The van der Waals surface area contributed by atoms with Crippen LogP contribution in [0.25, 0.3) is 0 Å². The van der Waals surface area contributed by atoms with E-state index in [2.05, 4.69) is 45.5 Å². The molecule has 0 radical (unpaired) electrons. The topological polar surface area (TPSA) is 79.4 Å². The van der Waals surface area contributed by atoms with Crippen LogP contribution in [0.3, 0.4) is 0 Å². The summed E-state index contributed by atoms with van der Waals surface area (Å²) < 4.78 is 2.00. The zero-order valence-corrected chi connectivity index (χ0v) is 13.7. The summed E-state index contributed by atoms with van der Waals surface area (Å²) in [6, 6.07) is 12.4. The summed E-state index contributed by atoms with van der Waals surface area (Å²) in [7, 11) is 0. The Morgan fingerprint density at radius 3 is 2.67 bits per heavy atom. The van der Waals surface area contributed by atoms with Crippen LogP contribution in [0.5, 0.6) is 0 Å². The molecular formula is C18H18N6. The summed E-state index contributed by atoms with van der Waals surface area (Å²) in [5.74, 6) is 0.504. The second-order valence-electron chi connectivity index (χ2n) is 5.62. The van der Waals surface area contributed by atoms with E-state index in [4.69, 9.17) is 5.26 Å². The van der Waals surface area contributed by atoms with Crippen molar-refractivity contribution in [3.8, 4) is 6.07 Å².